The van der Waals surface area contributed by atoms with Gasteiger partial charge in [-0.2, -0.15) is 0 Å². The fraction of sp³-hybridized carbons (Fsp3) is 0.571. The number of sulfonamides is 1. The molecule has 1 aliphatic rings. The first-order valence-corrected chi connectivity index (χ1v) is 8.44. The van der Waals surface area contributed by atoms with Crippen LogP contribution >= 0.6 is 12.4 Å². The minimum Gasteiger partial charge on any atom is -0.324 e. The average molecular weight is 337 g/mol. The van der Waals surface area contributed by atoms with Crippen molar-refractivity contribution in [1.82, 2.24) is 4.72 Å². The molecule has 2 rings (SSSR count). The van der Waals surface area contributed by atoms with Crippen LogP contribution in [0.2, 0.25) is 0 Å². The van der Waals surface area contributed by atoms with Gasteiger partial charge in [0, 0.05) is 12.1 Å². The number of benzene rings is 1. The lowest BCUT2D eigenvalue weighted by atomic mass is 9.92. The number of nitrogens with two attached hydrogens (primary N) is 1. The Bertz CT molecular complexity index is 558. The standard InChI is InChI=1S/C14H21FN2O2S.ClH/c15-12-7-3-4-8-13(12)20(18,19)17-11-14(16)9-5-1-2-6-10-14;/h3-4,7-8,17H,1-2,5-6,9-11,16H2;1H. The first-order chi connectivity index (χ1) is 9.43. The van der Waals surface area contributed by atoms with E-state index in [1.54, 1.807) is 0 Å². The summed E-state index contributed by atoms with van der Waals surface area (Å²) in [5.41, 5.74) is 5.74. The summed E-state index contributed by atoms with van der Waals surface area (Å²) in [7, 11) is -3.85. The van der Waals surface area contributed by atoms with E-state index in [1.165, 1.54) is 18.2 Å². The topological polar surface area (TPSA) is 72.2 Å². The van der Waals surface area contributed by atoms with Crippen molar-refractivity contribution in [2.75, 3.05) is 6.54 Å². The van der Waals surface area contributed by atoms with Crippen molar-refractivity contribution < 1.29 is 12.8 Å². The van der Waals surface area contributed by atoms with Gasteiger partial charge >= 0.3 is 0 Å². The van der Waals surface area contributed by atoms with E-state index in [9.17, 15) is 12.8 Å². The van der Waals surface area contributed by atoms with Gasteiger partial charge in [-0.25, -0.2) is 17.5 Å². The van der Waals surface area contributed by atoms with E-state index in [1.807, 2.05) is 0 Å². The third kappa shape index (κ3) is 4.92. The fourth-order valence-electron chi connectivity index (χ4n) is 2.59. The molecule has 0 saturated heterocycles. The first kappa shape index (κ1) is 18.4. The smallest absolute Gasteiger partial charge is 0.243 e. The van der Waals surface area contributed by atoms with E-state index in [4.69, 9.17) is 5.73 Å². The summed E-state index contributed by atoms with van der Waals surface area (Å²) in [6.45, 7) is 0.156. The van der Waals surface area contributed by atoms with E-state index in [0.717, 1.165) is 44.6 Å². The summed E-state index contributed by atoms with van der Waals surface area (Å²) in [6.07, 6.45) is 5.90. The van der Waals surface area contributed by atoms with Gasteiger partial charge in [-0.15, -0.1) is 12.4 Å². The monoisotopic (exact) mass is 336 g/mol. The van der Waals surface area contributed by atoms with Crippen LogP contribution in [0.3, 0.4) is 0 Å². The van der Waals surface area contributed by atoms with Crippen LogP contribution < -0.4 is 10.5 Å². The molecule has 4 nitrogen and oxygen atoms in total. The number of hydrogen-bond acceptors (Lipinski definition) is 3. The van der Waals surface area contributed by atoms with Gasteiger partial charge in [-0.1, -0.05) is 37.8 Å². The van der Waals surface area contributed by atoms with Gasteiger partial charge in [0.25, 0.3) is 0 Å². The molecule has 0 atom stereocenters. The van der Waals surface area contributed by atoms with Crippen molar-refractivity contribution in [3.63, 3.8) is 0 Å². The summed E-state index contributed by atoms with van der Waals surface area (Å²) in [4.78, 5) is -0.322. The van der Waals surface area contributed by atoms with Crippen molar-refractivity contribution in [1.29, 1.82) is 0 Å². The first-order valence-electron chi connectivity index (χ1n) is 6.96. The number of rotatable bonds is 4. The largest absolute Gasteiger partial charge is 0.324 e. The molecule has 7 heteroatoms. The minimum atomic E-state index is -3.85. The molecular weight excluding hydrogens is 315 g/mol. The molecule has 1 aromatic rings. The molecule has 0 aliphatic heterocycles. The molecule has 0 radical (unpaired) electrons. The molecular formula is C14H22ClFN2O2S. The quantitative estimate of drug-likeness (QED) is 0.830. The summed E-state index contributed by atoms with van der Waals surface area (Å²) < 4.78 is 40.3. The Morgan fingerprint density at radius 3 is 2.29 bits per heavy atom. The lowest BCUT2D eigenvalue weighted by Gasteiger charge is -2.28. The second-order valence-corrected chi connectivity index (χ2v) is 7.27. The average Bonchev–Trinajstić information content (AvgIpc) is 2.63. The summed E-state index contributed by atoms with van der Waals surface area (Å²) >= 11 is 0. The Balaban J connectivity index is 0.00000220. The lowest BCUT2D eigenvalue weighted by Crippen LogP contribution is -2.49. The summed E-state index contributed by atoms with van der Waals surface area (Å²) in [5, 5.41) is 0. The molecule has 1 aliphatic carbocycles. The van der Waals surface area contributed by atoms with Gasteiger partial charge in [0.1, 0.15) is 10.7 Å². The highest BCUT2D eigenvalue weighted by Crippen LogP contribution is 2.25. The highest BCUT2D eigenvalue weighted by atomic mass is 35.5. The molecule has 0 unspecified atom stereocenters. The van der Waals surface area contributed by atoms with Gasteiger partial charge in [0.05, 0.1) is 0 Å². The Kier molecular flexibility index (Phi) is 6.59. The maximum atomic E-state index is 13.6. The van der Waals surface area contributed by atoms with Crippen LogP contribution in [0, 0.1) is 5.82 Å². The van der Waals surface area contributed by atoms with Crippen molar-refractivity contribution in [3.8, 4) is 0 Å². The molecule has 0 aromatic heterocycles. The summed E-state index contributed by atoms with van der Waals surface area (Å²) in [5.74, 6) is -0.744. The van der Waals surface area contributed by atoms with Crippen LogP contribution in [-0.4, -0.2) is 20.5 Å². The predicted molar refractivity (Wildman–Crippen MR) is 83.5 cm³/mol. The molecule has 0 bridgehead atoms. The third-order valence-electron chi connectivity index (χ3n) is 3.84. The molecule has 120 valence electrons. The van der Waals surface area contributed by atoms with E-state index in [2.05, 4.69) is 4.72 Å². The van der Waals surface area contributed by atoms with E-state index < -0.39 is 21.4 Å². The summed E-state index contributed by atoms with van der Waals surface area (Å²) in [6, 6.07) is 5.36. The van der Waals surface area contributed by atoms with Crippen LogP contribution in [0.4, 0.5) is 4.39 Å². The van der Waals surface area contributed by atoms with Crippen LogP contribution in [-0.2, 0) is 10.0 Å². The highest BCUT2D eigenvalue weighted by molar-refractivity contribution is 7.89. The van der Waals surface area contributed by atoms with Crippen LogP contribution in [0.1, 0.15) is 38.5 Å². The predicted octanol–water partition coefficient (Wildman–Crippen LogP) is 2.58. The Morgan fingerprint density at radius 1 is 1.14 bits per heavy atom. The lowest BCUT2D eigenvalue weighted by molar-refractivity contribution is 0.368. The van der Waals surface area contributed by atoms with Gasteiger partial charge in [0.2, 0.25) is 10.0 Å². The van der Waals surface area contributed by atoms with Gasteiger partial charge in [-0.05, 0) is 25.0 Å². The number of halogens is 2. The molecule has 0 amide bonds. The zero-order chi connectivity index (χ0) is 14.6. The van der Waals surface area contributed by atoms with Gasteiger partial charge in [0.15, 0.2) is 0 Å². The second-order valence-electron chi connectivity index (χ2n) is 5.53. The van der Waals surface area contributed by atoms with Crippen LogP contribution in [0.15, 0.2) is 29.2 Å². The van der Waals surface area contributed by atoms with Crippen molar-refractivity contribution in [2.45, 2.75) is 49.0 Å². The Hall–Kier alpha value is -0.690. The number of nitrogens with one attached hydrogen (secondary N) is 1. The molecule has 1 saturated carbocycles. The molecule has 3 N–H and O–H groups in total. The Labute approximate surface area is 131 Å². The van der Waals surface area contributed by atoms with Crippen molar-refractivity contribution in [2.24, 2.45) is 5.73 Å². The number of hydrogen-bond donors (Lipinski definition) is 2. The van der Waals surface area contributed by atoms with E-state index >= 15 is 0 Å². The SMILES string of the molecule is Cl.NC1(CNS(=O)(=O)c2ccccc2F)CCCCCC1. The molecule has 0 heterocycles. The van der Waals surface area contributed by atoms with E-state index in [-0.39, 0.29) is 23.8 Å². The fourth-order valence-corrected chi connectivity index (χ4v) is 3.80. The van der Waals surface area contributed by atoms with Crippen molar-refractivity contribution >= 4 is 22.4 Å². The molecule has 0 spiro atoms. The zero-order valence-electron chi connectivity index (χ0n) is 11.8. The van der Waals surface area contributed by atoms with Crippen LogP contribution in [0.25, 0.3) is 0 Å². The zero-order valence-corrected chi connectivity index (χ0v) is 13.5. The normalized spacial score (nSPS) is 18.6. The Morgan fingerprint density at radius 2 is 1.71 bits per heavy atom. The maximum Gasteiger partial charge on any atom is 0.243 e. The second kappa shape index (κ2) is 7.54. The van der Waals surface area contributed by atoms with Gasteiger partial charge < -0.3 is 5.73 Å². The minimum absolute atomic E-state index is 0. The van der Waals surface area contributed by atoms with Crippen molar-refractivity contribution in [3.05, 3.63) is 30.1 Å². The molecule has 1 aromatic carbocycles. The third-order valence-corrected chi connectivity index (χ3v) is 5.27. The van der Waals surface area contributed by atoms with Gasteiger partial charge in [-0.3, -0.25) is 0 Å². The molecule has 21 heavy (non-hydrogen) atoms. The van der Waals surface area contributed by atoms with E-state index in [0.29, 0.717) is 0 Å². The maximum absolute atomic E-state index is 13.6. The van der Waals surface area contributed by atoms with Crippen LogP contribution in [0.5, 0.6) is 0 Å². The molecule has 1 fully saturated rings. The highest BCUT2D eigenvalue weighted by Gasteiger charge is 2.29.